The first-order valence-corrected chi connectivity index (χ1v) is 8.78. The number of nitrogens with zero attached hydrogens (tertiary/aromatic N) is 1. The Balaban J connectivity index is 1.82. The van der Waals surface area contributed by atoms with E-state index in [0.717, 1.165) is 0 Å². The van der Waals surface area contributed by atoms with Crippen LogP contribution in [0.25, 0.3) is 0 Å². The maximum absolute atomic E-state index is 12.4. The number of rotatable bonds is 5. The van der Waals surface area contributed by atoms with E-state index in [9.17, 15) is 18.3 Å². The lowest BCUT2D eigenvalue weighted by atomic mass is 10.3. The summed E-state index contributed by atoms with van der Waals surface area (Å²) in [7, 11) is -2.71. The highest BCUT2D eigenvalue weighted by Gasteiger charge is 2.23. The predicted molar refractivity (Wildman–Crippen MR) is 89.7 cm³/mol. The highest BCUT2D eigenvalue weighted by atomic mass is 32.2. The average molecular weight is 364 g/mol. The van der Waals surface area contributed by atoms with Gasteiger partial charge in [0, 0.05) is 37.0 Å². The van der Waals surface area contributed by atoms with Crippen molar-refractivity contribution in [3.05, 3.63) is 42.5 Å². The molecule has 1 aliphatic rings. The quantitative estimate of drug-likeness (QED) is 0.783. The van der Waals surface area contributed by atoms with Crippen LogP contribution in [0.15, 0.2) is 47.4 Å². The highest BCUT2D eigenvalue weighted by molar-refractivity contribution is 7.87. The Morgan fingerprint density at radius 3 is 2.40 bits per heavy atom. The Morgan fingerprint density at radius 2 is 1.80 bits per heavy atom. The summed E-state index contributed by atoms with van der Waals surface area (Å²) in [5.74, 6) is 0.0142. The molecule has 9 heteroatoms. The molecule has 0 aromatic heterocycles. The van der Waals surface area contributed by atoms with Gasteiger partial charge in [-0.3, -0.25) is 4.90 Å². The average Bonchev–Trinajstić information content (AvgIpc) is 3.00. The van der Waals surface area contributed by atoms with Gasteiger partial charge in [0.05, 0.1) is 7.11 Å². The molecule has 1 fully saturated rings. The van der Waals surface area contributed by atoms with Crippen LogP contribution in [0.1, 0.15) is 0 Å². The third-order valence-corrected chi connectivity index (χ3v) is 4.86. The summed E-state index contributed by atoms with van der Waals surface area (Å²) in [5.41, 5.74) is 0.591. The van der Waals surface area contributed by atoms with Crippen LogP contribution in [0, 0.1) is 0 Å². The number of urea groups is 1. The fourth-order valence-electron chi connectivity index (χ4n) is 2.41. The molecular weight excluding hydrogens is 348 g/mol. The predicted octanol–water partition coefficient (Wildman–Crippen LogP) is 1.70. The SMILES string of the molecule is COc1cc(O)cc(OS(=O)(=O)c2ccc(N3CCNC3=O)cc2)c1. The molecule has 0 radical (unpaired) electrons. The zero-order valence-corrected chi connectivity index (χ0v) is 14.1. The molecule has 1 saturated heterocycles. The van der Waals surface area contributed by atoms with Crippen molar-refractivity contribution in [3.63, 3.8) is 0 Å². The molecule has 0 saturated carbocycles. The lowest BCUT2D eigenvalue weighted by molar-refractivity contribution is 0.252. The molecule has 2 N–H and O–H groups in total. The van der Waals surface area contributed by atoms with E-state index in [1.807, 2.05) is 0 Å². The minimum atomic E-state index is -4.09. The number of amides is 2. The summed E-state index contributed by atoms with van der Waals surface area (Å²) in [6, 6.07) is 9.40. The second-order valence-electron chi connectivity index (χ2n) is 5.28. The molecule has 8 nitrogen and oxygen atoms in total. The lowest BCUT2D eigenvalue weighted by Gasteiger charge is -2.14. The van der Waals surface area contributed by atoms with Crippen LogP contribution in [0.3, 0.4) is 0 Å². The molecule has 2 amide bonds. The minimum absolute atomic E-state index is 0.0696. The number of ether oxygens (including phenoxy) is 1. The molecule has 132 valence electrons. The number of methoxy groups -OCH3 is 1. The molecule has 2 aromatic rings. The van der Waals surface area contributed by atoms with E-state index < -0.39 is 10.1 Å². The van der Waals surface area contributed by atoms with Crippen molar-refractivity contribution in [2.75, 3.05) is 25.1 Å². The smallest absolute Gasteiger partial charge is 0.339 e. The number of hydrogen-bond donors (Lipinski definition) is 2. The van der Waals surface area contributed by atoms with Gasteiger partial charge in [-0.1, -0.05) is 0 Å². The first kappa shape index (κ1) is 16.9. The summed E-state index contributed by atoms with van der Waals surface area (Å²) >= 11 is 0. The summed E-state index contributed by atoms with van der Waals surface area (Å²) in [5, 5.41) is 12.2. The summed E-state index contributed by atoms with van der Waals surface area (Å²) < 4.78 is 34.7. The van der Waals surface area contributed by atoms with Crippen molar-refractivity contribution < 1.29 is 27.2 Å². The molecule has 0 spiro atoms. The topological polar surface area (TPSA) is 105 Å². The van der Waals surface area contributed by atoms with Gasteiger partial charge < -0.3 is 19.3 Å². The van der Waals surface area contributed by atoms with Gasteiger partial charge in [0.1, 0.15) is 22.1 Å². The van der Waals surface area contributed by atoms with E-state index in [1.54, 1.807) is 0 Å². The van der Waals surface area contributed by atoms with Crippen LogP contribution in [0.2, 0.25) is 0 Å². The molecule has 0 aliphatic carbocycles. The molecule has 3 rings (SSSR count). The molecule has 1 heterocycles. The van der Waals surface area contributed by atoms with Crippen molar-refractivity contribution >= 4 is 21.8 Å². The zero-order chi connectivity index (χ0) is 18.0. The maximum Gasteiger partial charge on any atom is 0.339 e. The molecule has 0 unspecified atom stereocenters. The van der Waals surface area contributed by atoms with Gasteiger partial charge in [0.2, 0.25) is 0 Å². The summed E-state index contributed by atoms with van der Waals surface area (Å²) in [6.45, 7) is 1.06. The molecule has 0 atom stereocenters. The molecular formula is C16H16N2O6S. The van der Waals surface area contributed by atoms with Crippen molar-refractivity contribution in [1.82, 2.24) is 5.32 Å². The van der Waals surface area contributed by atoms with Crippen molar-refractivity contribution in [1.29, 1.82) is 0 Å². The number of aromatic hydroxyl groups is 1. The number of carbonyl (C=O) groups is 1. The van der Waals surface area contributed by atoms with E-state index in [2.05, 4.69) is 5.32 Å². The Morgan fingerprint density at radius 1 is 1.12 bits per heavy atom. The number of nitrogens with one attached hydrogen (secondary N) is 1. The van der Waals surface area contributed by atoms with Crippen molar-refractivity contribution in [3.8, 4) is 17.2 Å². The fraction of sp³-hybridized carbons (Fsp3) is 0.188. The van der Waals surface area contributed by atoms with Gasteiger partial charge in [-0.25, -0.2) is 4.79 Å². The highest BCUT2D eigenvalue weighted by Crippen LogP contribution is 2.29. The van der Waals surface area contributed by atoms with Crippen LogP contribution in [-0.4, -0.2) is 39.8 Å². The number of carbonyl (C=O) groups excluding carboxylic acids is 1. The van der Waals surface area contributed by atoms with Crippen molar-refractivity contribution in [2.45, 2.75) is 4.90 Å². The number of phenolic OH excluding ortho intramolecular Hbond substituents is 1. The zero-order valence-electron chi connectivity index (χ0n) is 13.3. The number of benzene rings is 2. The first-order chi connectivity index (χ1) is 11.9. The maximum atomic E-state index is 12.4. The molecule has 2 aromatic carbocycles. The Kier molecular flexibility index (Phi) is 4.41. The van der Waals surface area contributed by atoms with Gasteiger partial charge in [0.15, 0.2) is 0 Å². The number of anilines is 1. The Labute approximate surface area is 144 Å². The molecule has 0 bridgehead atoms. The number of phenols is 1. The summed E-state index contributed by atoms with van der Waals surface area (Å²) in [6.07, 6.45) is 0. The van der Waals surface area contributed by atoms with Crippen LogP contribution in [-0.2, 0) is 10.1 Å². The minimum Gasteiger partial charge on any atom is -0.508 e. The second-order valence-corrected chi connectivity index (χ2v) is 6.83. The Hall–Kier alpha value is -2.94. The van der Waals surface area contributed by atoms with E-state index in [0.29, 0.717) is 18.8 Å². The third kappa shape index (κ3) is 3.61. The first-order valence-electron chi connectivity index (χ1n) is 7.37. The van der Waals surface area contributed by atoms with E-state index in [4.69, 9.17) is 8.92 Å². The number of hydrogen-bond acceptors (Lipinski definition) is 6. The Bertz CT molecular complexity index is 895. The third-order valence-electron chi connectivity index (χ3n) is 3.60. The summed E-state index contributed by atoms with van der Waals surface area (Å²) in [4.78, 5) is 13.1. The lowest BCUT2D eigenvalue weighted by Crippen LogP contribution is -2.27. The van der Waals surface area contributed by atoms with Gasteiger partial charge in [-0.2, -0.15) is 8.42 Å². The van der Waals surface area contributed by atoms with Crippen LogP contribution in [0.4, 0.5) is 10.5 Å². The largest absolute Gasteiger partial charge is 0.508 e. The van der Waals surface area contributed by atoms with E-state index in [-0.39, 0.29) is 28.2 Å². The normalized spacial score (nSPS) is 14.3. The fourth-order valence-corrected chi connectivity index (χ4v) is 3.32. The van der Waals surface area contributed by atoms with Gasteiger partial charge in [0.25, 0.3) is 0 Å². The standard InChI is InChI=1S/C16H16N2O6S/c1-23-13-8-12(19)9-14(10-13)24-25(21,22)15-4-2-11(3-5-15)18-7-6-17-16(18)20/h2-5,8-10,19H,6-7H2,1H3,(H,17,20). The van der Waals surface area contributed by atoms with E-state index in [1.165, 1.54) is 54.5 Å². The van der Waals surface area contributed by atoms with Crippen LogP contribution in [0.5, 0.6) is 17.2 Å². The second kappa shape index (κ2) is 6.52. The van der Waals surface area contributed by atoms with Crippen LogP contribution >= 0.6 is 0 Å². The van der Waals surface area contributed by atoms with Gasteiger partial charge in [-0.05, 0) is 24.3 Å². The van der Waals surface area contributed by atoms with Crippen molar-refractivity contribution in [2.24, 2.45) is 0 Å². The van der Waals surface area contributed by atoms with Gasteiger partial charge >= 0.3 is 16.1 Å². The molecule has 1 aliphatic heterocycles. The van der Waals surface area contributed by atoms with Crippen LogP contribution < -0.4 is 19.1 Å². The monoisotopic (exact) mass is 364 g/mol. The molecule has 25 heavy (non-hydrogen) atoms. The van der Waals surface area contributed by atoms with Gasteiger partial charge in [-0.15, -0.1) is 0 Å². The van der Waals surface area contributed by atoms with E-state index >= 15 is 0 Å².